The summed E-state index contributed by atoms with van der Waals surface area (Å²) >= 11 is 0.944. The number of aliphatic imine (C=N–C) groups is 1. The minimum atomic E-state index is -4.99. The Morgan fingerprint density at radius 2 is 2.15 bits per heavy atom. The highest BCUT2D eigenvalue weighted by molar-refractivity contribution is 8.14. The van der Waals surface area contributed by atoms with Crippen LogP contribution in [0.4, 0.5) is 17.6 Å². The van der Waals surface area contributed by atoms with E-state index in [1.165, 1.54) is 0 Å². The highest BCUT2D eigenvalue weighted by atomic mass is 32.2. The van der Waals surface area contributed by atoms with E-state index in [2.05, 4.69) is 10.3 Å². The Morgan fingerprint density at radius 3 is 2.70 bits per heavy atom. The number of amidine groups is 1. The van der Waals surface area contributed by atoms with Gasteiger partial charge in [0.1, 0.15) is 23.7 Å². The van der Waals surface area contributed by atoms with E-state index in [1.54, 1.807) is 6.92 Å². The van der Waals surface area contributed by atoms with Crippen molar-refractivity contribution in [2.45, 2.75) is 49.1 Å². The first-order valence-corrected chi connectivity index (χ1v) is 6.84. The Labute approximate surface area is 116 Å². The zero-order valence-corrected chi connectivity index (χ0v) is 11.2. The summed E-state index contributed by atoms with van der Waals surface area (Å²) in [5.74, 6) is 0. The van der Waals surface area contributed by atoms with Crippen molar-refractivity contribution in [3.8, 4) is 0 Å². The van der Waals surface area contributed by atoms with Crippen molar-refractivity contribution in [2.24, 2.45) is 4.99 Å². The maximum atomic E-state index is 14.0. The van der Waals surface area contributed by atoms with E-state index < -0.39 is 42.1 Å². The fraction of sp³-hybridized carbons (Fsp3) is 0.900. The summed E-state index contributed by atoms with van der Waals surface area (Å²) in [4.78, 5) is 3.93. The zero-order chi connectivity index (χ0) is 15.1. The number of halogens is 4. The van der Waals surface area contributed by atoms with Crippen LogP contribution >= 0.6 is 11.8 Å². The molecule has 1 saturated heterocycles. The molecule has 1 unspecified atom stereocenters. The van der Waals surface area contributed by atoms with E-state index in [-0.39, 0.29) is 0 Å². The van der Waals surface area contributed by atoms with Crippen molar-refractivity contribution < 1.29 is 32.5 Å². The molecule has 0 saturated carbocycles. The SMILES string of the molecule is CCNC1=N[C@@H]2[C@H](F)[C@H](O)[C@@H](C(O)C(F)(F)F)O[C@@H]2S1. The molecule has 2 rings (SSSR count). The highest BCUT2D eigenvalue weighted by Gasteiger charge is 2.56. The number of rotatable bonds is 2. The van der Waals surface area contributed by atoms with E-state index in [4.69, 9.17) is 9.84 Å². The molecule has 0 radical (unpaired) electrons. The van der Waals surface area contributed by atoms with Crippen molar-refractivity contribution >= 4 is 16.9 Å². The maximum absolute atomic E-state index is 14.0. The molecule has 0 amide bonds. The fourth-order valence-electron chi connectivity index (χ4n) is 2.04. The Kier molecular flexibility index (Phi) is 4.47. The number of hydrogen-bond donors (Lipinski definition) is 3. The van der Waals surface area contributed by atoms with E-state index in [1.807, 2.05) is 0 Å². The monoisotopic (exact) mass is 318 g/mol. The van der Waals surface area contributed by atoms with E-state index >= 15 is 0 Å². The van der Waals surface area contributed by atoms with Gasteiger partial charge in [-0.25, -0.2) is 4.39 Å². The first-order chi connectivity index (χ1) is 9.25. The summed E-state index contributed by atoms with van der Waals surface area (Å²) in [7, 11) is 0. The molecule has 20 heavy (non-hydrogen) atoms. The topological polar surface area (TPSA) is 74.1 Å². The standard InChI is InChI=1S/C10H14F4N2O3S/c1-2-15-9-16-4-3(11)5(17)6(19-8(4)20-9)7(18)10(12,13)14/h3-8,17-18H,2H2,1H3,(H,15,16)/t3-,4+,5-,6-,7?,8+/m0/s1. The normalized spacial score (nSPS) is 39.1. The predicted molar refractivity (Wildman–Crippen MR) is 64.1 cm³/mol. The first kappa shape index (κ1) is 15.8. The van der Waals surface area contributed by atoms with Crippen LogP contribution in [0.2, 0.25) is 0 Å². The molecule has 0 aromatic carbocycles. The quantitative estimate of drug-likeness (QED) is 0.643. The maximum Gasteiger partial charge on any atom is 0.417 e. The third kappa shape index (κ3) is 2.87. The molecule has 0 bridgehead atoms. The van der Waals surface area contributed by atoms with Gasteiger partial charge in [-0.3, -0.25) is 4.99 Å². The van der Waals surface area contributed by atoms with Gasteiger partial charge in [-0.05, 0) is 6.92 Å². The lowest BCUT2D eigenvalue weighted by Crippen LogP contribution is -2.59. The minimum Gasteiger partial charge on any atom is -0.387 e. The van der Waals surface area contributed by atoms with Gasteiger partial charge in [-0.1, -0.05) is 11.8 Å². The molecule has 3 N–H and O–H groups in total. The van der Waals surface area contributed by atoms with Gasteiger partial charge in [0.05, 0.1) is 0 Å². The Hall–Kier alpha value is -0.580. The van der Waals surface area contributed by atoms with Gasteiger partial charge in [-0.15, -0.1) is 0 Å². The predicted octanol–water partition coefficient (Wildman–Crippen LogP) is 0.414. The smallest absolute Gasteiger partial charge is 0.387 e. The fourth-order valence-corrected chi connectivity index (χ4v) is 3.21. The molecule has 0 aliphatic carbocycles. The molecule has 2 aliphatic heterocycles. The summed E-state index contributed by atoms with van der Waals surface area (Å²) in [5, 5.41) is 21.9. The van der Waals surface area contributed by atoms with Gasteiger partial charge in [-0.2, -0.15) is 13.2 Å². The van der Waals surface area contributed by atoms with E-state index in [0.29, 0.717) is 11.7 Å². The minimum absolute atomic E-state index is 0.347. The van der Waals surface area contributed by atoms with Crippen LogP contribution < -0.4 is 5.32 Å². The van der Waals surface area contributed by atoms with Crippen LogP contribution in [0, 0.1) is 0 Å². The average Bonchev–Trinajstić information content (AvgIpc) is 2.75. The summed E-state index contributed by atoms with van der Waals surface area (Å²) in [6.07, 6.45) is -14.1. The number of fused-ring (bicyclic) bond motifs is 1. The lowest BCUT2D eigenvalue weighted by atomic mass is 9.96. The van der Waals surface area contributed by atoms with Gasteiger partial charge in [0.25, 0.3) is 0 Å². The van der Waals surface area contributed by atoms with Crippen molar-refractivity contribution in [3.63, 3.8) is 0 Å². The van der Waals surface area contributed by atoms with Gasteiger partial charge in [0.15, 0.2) is 17.4 Å². The number of nitrogens with zero attached hydrogens (tertiary/aromatic N) is 1. The van der Waals surface area contributed by atoms with Gasteiger partial charge < -0.3 is 20.3 Å². The zero-order valence-electron chi connectivity index (χ0n) is 10.3. The van der Waals surface area contributed by atoms with Crippen molar-refractivity contribution in [3.05, 3.63) is 0 Å². The highest BCUT2D eigenvalue weighted by Crippen LogP contribution is 2.40. The largest absolute Gasteiger partial charge is 0.417 e. The first-order valence-electron chi connectivity index (χ1n) is 5.96. The molecule has 1 fully saturated rings. The molecule has 0 aromatic heterocycles. The number of ether oxygens (including phenoxy) is 1. The van der Waals surface area contributed by atoms with Crippen LogP contribution in [0.5, 0.6) is 0 Å². The van der Waals surface area contributed by atoms with E-state index in [0.717, 1.165) is 11.8 Å². The van der Waals surface area contributed by atoms with Gasteiger partial charge in [0.2, 0.25) is 0 Å². The second-order valence-corrected chi connectivity index (χ2v) is 5.55. The lowest BCUT2D eigenvalue weighted by molar-refractivity contribution is -0.267. The molecular weight excluding hydrogens is 304 g/mol. The summed E-state index contributed by atoms with van der Waals surface area (Å²) < 4.78 is 56.4. The van der Waals surface area contributed by atoms with Gasteiger partial charge >= 0.3 is 6.18 Å². The third-order valence-electron chi connectivity index (χ3n) is 3.03. The molecule has 10 heteroatoms. The van der Waals surface area contributed by atoms with Crippen LogP contribution in [0.3, 0.4) is 0 Å². The Bertz CT molecular complexity index is 395. The second kappa shape index (κ2) is 5.66. The molecule has 2 aliphatic rings. The molecule has 2 heterocycles. The summed E-state index contributed by atoms with van der Waals surface area (Å²) in [6.45, 7) is 2.29. The molecule has 6 atom stereocenters. The molecule has 0 spiro atoms. The number of thioether (sulfide) groups is 1. The Balaban J connectivity index is 2.13. The number of aliphatic hydroxyl groups excluding tert-OH is 2. The molecule has 116 valence electrons. The lowest BCUT2D eigenvalue weighted by Gasteiger charge is -2.39. The summed E-state index contributed by atoms with van der Waals surface area (Å²) in [6, 6.07) is -1.08. The van der Waals surface area contributed by atoms with Crippen LogP contribution in [0.15, 0.2) is 4.99 Å². The second-order valence-electron chi connectivity index (χ2n) is 4.46. The number of alkyl halides is 4. The summed E-state index contributed by atoms with van der Waals surface area (Å²) in [5.41, 5.74) is -0.996. The Morgan fingerprint density at radius 1 is 1.50 bits per heavy atom. The number of hydrogen-bond acceptors (Lipinski definition) is 6. The average molecular weight is 318 g/mol. The number of nitrogens with one attached hydrogen (secondary N) is 1. The van der Waals surface area contributed by atoms with Gasteiger partial charge in [0, 0.05) is 6.54 Å². The van der Waals surface area contributed by atoms with E-state index in [9.17, 15) is 22.7 Å². The third-order valence-corrected chi connectivity index (χ3v) is 4.12. The van der Waals surface area contributed by atoms with Crippen molar-refractivity contribution in [2.75, 3.05) is 6.54 Å². The van der Waals surface area contributed by atoms with Crippen LogP contribution in [-0.4, -0.2) is 64.1 Å². The molecule has 5 nitrogen and oxygen atoms in total. The molecule has 0 aromatic rings. The van der Waals surface area contributed by atoms with Crippen LogP contribution in [0.1, 0.15) is 6.92 Å². The van der Waals surface area contributed by atoms with Crippen LogP contribution in [0.25, 0.3) is 0 Å². The molecular formula is C10H14F4N2O3S. The van der Waals surface area contributed by atoms with Crippen molar-refractivity contribution in [1.29, 1.82) is 0 Å². The van der Waals surface area contributed by atoms with Crippen LogP contribution in [-0.2, 0) is 4.74 Å². The van der Waals surface area contributed by atoms with Crippen molar-refractivity contribution in [1.82, 2.24) is 5.32 Å². The number of aliphatic hydroxyl groups is 2.